The maximum absolute atomic E-state index is 12.3. The number of hydrogen-bond acceptors (Lipinski definition) is 4. The summed E-state index contributed by atoms with van der Waals surface area (Å²) in [4.78, 5) is 25.4. The molecule has 1 atom stereocenters. The summed E-state index contributed by atoms with van der Waals surface area (Å²) < 4.78 is 10.3. The van der Waals surface area contributed by atoms with Crippen molar-refractivity contribution < 1.29 is 24.2 Å². The normalized spacial score (nSPS) is 20.4. The topological polar surface area (TPSA) is 76.1 Å². The number of carboxylic acid groups (broad SMARTS) is 1. The SMILES string of the molecule is C=CCOC(=O)N(Cc1ccccc1)C1(C(=O)O)CCOC1. The largest absolute Gasteiger partial charge is 0.479 e. The van der Waals surface area contributed by atoms with Crippen molar-refractivity contribution in [3.8, 4) is 0 Å². The summed E-state index contributed by atoms with van der Waals surface area (Å²) in [6, 6.07) is 9.19. The first-order valence-corrected chi connectivity index (χ1v) is 7.00. The molecule has 0 radical (unpaired) electrons. The lowest BCUT2D eigenvalue weighted by molar-refractivity contribution is -0.151. The number of hydrogen-bond donors (Lipinski definition) is 1. The van der Waals surface area contributed by atoms with E-state index >= 15 is 0 Å². The van der Waals surface area contributed by atoms with Gasteiger partial charge >= 0.3 is 12.1 Å². The van der Waals surface area contributed by atoms with Crippen molar-refractivity contribution in [2.45, 2.75) is 18.5 Å². The van der Waals surface area contributed by atoms with Crippen molar-refractivity contribution >= 4 is 12.1 Å². The summed E-state index contributed by atoms with van der Waals surface area (Å²) in [5.41, 5.74) is -0.570. The van der Waals surface area contributed by atoms with E-state index in [1.165, 1.54) is 11.0 Å². The Kier molecular flexibility index (Phi) is 5.16. The van der Waals surface area contributed by atoms with Gasteiger partial charge in [-0.25, -0.2) is 9.59 Å². The maximum Gasteiger partial charge on any atom is 0.411 e. The van der Waals surface area contributed by atoms with E-state index in [4.69, 9.17) is 9.47 Å². The van der Waals surface area contributed by atoms with Gasteiger partial charge in [-0.2, -0.15) is 0 Å². The van der Waals surface area contributed by atoms with Crippen molar-refractivity contribution in [3.63, 3.8) is 0 Å². The summed E-state index contributed by atoms with van der Waals surface area (Å²) in [5, 5.41) is 9.64. The number of carbonyl (C=O) groups excluding carboxylic acids is 1. The monoisotopic (exact) mass is 305 g/mol. The van der Waals surface area contributed by atoms with Crippen LogP contribution in [0.3, 0.4) is 0 Å². The van der Waals surface area contributed by atoms with Gasteiger partial charge in [-0.3, -0.25) is 4.90 Å². The van der Waals surface area contributed by atoms with Crippen LogP contribution in [-0.2, 0) is 20.8 Å². The van der Waals surface area contributed by atoms with Crippen LogP contribution in [0.1, 0.15) is 12.0 Å². The van der Waals surface area contributed by atoms with Gasteiger partial charge in [-0.05, 0) is 5.56 Å². The number of aliphatic carboxylic acids is 1. The van der Waals surface area contributed by atoms with Gasteiger partial charge in [-0.15, -0.1) is 0 Å². The molecule has 22 heavy (non-hydrogen) atoms. The van der Waals surface area contributed by atoms with Gasteiger partial charge in [-0.1, -0.05) is 43.0 Å². The molecule has 0 aromatic heterocycles. The number of amides is 1. The molecule has 1 N–H and O–H groups in total. The van der Waals surface area contributed by atoms with E-state index in [1.807, 2.05) is 30.3 Å². The molecule has 1 fully saturated rings. The van der Waals surface area contributed by atoms with Crippen molar-refractivity contribution in [1.29, 1.82) is 0 Å². The third kappa shape index (κ3) is 3.28. The van der Waals surface area contributed by atoms with Gasteiger partial charge in [0, 0.05) is 13.0 Å². The fourth-order valence-electron chi connectivity index (χ4n) is 2.42. The fraction of sp³-hybridized carbons (Fsp3) is 0.375. The van der Waals surface area contributed by atoms with E-state index in [2.05, 4.69) is 6.58 Å². The highest BCUT2D eigenvalue weighted by molar-refractivity contribution is 5.85. The average molecular weight is 305 g/mol. The Morgan fingerprint density at radius 3 is 2.68 bits per heavy atom. The molecule has 1 aromatic rings. The Morgan fingerprint density at radius 1 is 1.41 bits per heavy atom. The Morgan fingerprint density at radius 2 is 2.14 bits per heavy atom. The summed E-state index contributed by atoms with van der Waals surface area (Å²) in [6.07, 6.45) is 0.992. The zero-order valence-corrected chi connectivity index (χ0v) is 12.2. The molecule has 1 heterocycles. The van der Waals surface area contributed by atoms with Crippen LogP contribution in [0.4, 0.5) is 4.79 Å². The van der Waals surface area contributed by atoms with Crippen LogP contribution < -0.4 is 0 Å². The molecule has 118 valence electrons. The Bertz CT molecular complexity index is 537. The Hall–Kier alpha value is -2.34. The highest BCUT2D eigenvalue weighted by Gasteiger charge is 2.50. The van der Waals surface area contributed by atoms with Gasteiger partial charge in [0.25, 0.3) is 0 Å². The first-order valence-electron chi connectivity index (χ1n) is 7.00. The predicted octanol–water partition coefficient (Wildman–Crippen LogP) is 2.05. The highest BCUT2D eigenvalue weighted by Crippen LogP contribution is 2.29. The first-order chi connectivity index (χ1) is 10.6. The van der Waals surface area contributed by atoms with Gasteiger partial charge in [0.1, 0.15) is 6.61 Å². The van der Waals surface area contributed by atoms with E-state index in [1.54, 1.807) is 0 Å². The van der Waals surface area contributed by atoms with E-state index in [9.17, 15) is 14.7 Å². The van der Waals surface area contributed by atoms with Crippen LogP contribution in [0.15, 0.2) is 43.0 Å². The average Bonchev–Trinajstić information content (AvgIpc) is 3.02. The van der Waals surface area contributed by atoms with Crippen LogP contribution in [0.2, 0.25) is 0 Å². The molecule has 2 rings (SSSR count). The molecule has 1 amide bonds. The number of ether oxygens (including phenoxy) is 2. The van der Waals surface area contributed by atoms with E-state index in [0.29, 0.717) is 6.61 Å². The lowest BCUT2D eigenvalue weighted by Gasteiger charge is -2.35. The van der Waals surface area contributed by atoms with Crippen molar-refractivity contribution in [1.82, 2.24) is 4.90 Å². The molecule has 0 bridgehead atoms. The number of carbonyl (C=O) groups is 2. The Labute approximate surface area is 128 Å². The second-order valence-electron chi connectivity index (χ2n) is 5.08. The molecule has 1 aromatic carbocycles. The molecule has 1 aliphatic heterocycles. The smallest absolute Gasteiger partial charge is 0.411 e. The van der Waals surface area contributed by atoms with Crippen LogP contribution in [-0.4, -0.2) is 47.4 Å². The van der Waals surface area contributed by atoms with Gasteiger partial charge < -0.3 is 14.6 Å². The molecule has 0 spiro atoms. The van der Waals surface area contributed by atoms with E-state index in [0.717, 1.165) is 5.56 Å². The lowest BCUT2D eigenvalue weighted by atomic mass is 9.96. The summed E-state index contributed by atoms with van der Waals surface area (Å²) in [7, 11) is 0. The highest BCUT2D eigenvalue weighted by atomic mass is 16.6. The van der Waals surface area contributed by atoms with Crippen molar-refractivity contribution in [2.75, 3.05) is 19.8 Å². The van der Waals surface area contributed by atoms with Crippen molar-refractivity contribution in [2.24, 2.45) is 0 Å². The minimum atomic E-state index is -1.39. The molecule has 6 nitrogen and oxygen atoms in total. The second kappa shape index (κ2) is 7.09. The van der Waals surface area contributed by atoms with Crippen LogP contribution in [0.25, 0.3) is 0 Å². The van der Waals surface area contributed by atoms with Gasteiger partial charge in [0.2, 0.25) is 0 Å². The second-order valence-corrected chi connectivity index (χ2v) is 5.08. The first kappa shape index (κ1) is 16.0. The van der Waals surface area contributed by atoms with E-state index in [-0.39, 0.29) is 26.2 Å². The number of benzene rings is 1. The lowest BCUT2D eigenvalue weighted by Crippen LogP contribution is -2.57. The minimum absolute atomic E-state index is 0.0285. The third-order valence-electron chi connectivity index (χ3n) is 3.64. The van der Waals surface area contributed by atoms with Crippen LogP contribution in [0, 0.1) is 0 Å². The maximum atomic E-state index is 12.3. The van der Waals surface area contributed by atoms with E-state index < -0.39 is 17.6 Å². The quantitative estimate of drug-likeness (QED) is 0.814. The third-order valence-corrected chi connectivity index (χ3v) is 3.64. The molecule has 1 aliphatic rings. The number of rotatable bonds is 6. The molecule has 1 unspecified atom stereocenters. The van der Waals surface area contributed by atoms with Gasteiger partial charge in [0.05, 0.1) is 13.2 Å². The fourth-order valence-corrected chi connectivity index (χ4v) is 2.42. The summed E-state index contributed by atoms with van der Waals surface area (Å²) >= 11 is 0. The van der Waals surface area contributed by atoms with Crippen LogP contribution >= 0.6 is 0 Å². The Balaban J connectivity index is 2.29. The molecular formula is C16H19NO5. The molecule has 1 saturated heterocycles. The number of carboxylic acids is 1. The molecule has 0 aliphatic carbocycles. The van der Waals surface area contributed by atoms with Gasteiger partial charge in [0.15, 0.2) is 5.54 Å². The van der Waals surface area contributed by atoms with Crippen molar-refractivity contribution in [3.05, 3.63) is 48.6 Å². The molecule has 6 heteroatoms. The molecule has 0 saturated carbocycles. The standard InChI is InChI=1S/C16H19NO5/c1-2-9-22-15(20)17(11-13-6-4-3-5-7-13)16(14(18)19)8-10-21-12-16/h2-7H,1,8-12H2,(H,18,19). The number of nitrogens with zero attached hydrogens (tertiary/aromatic N) is 1. The molecular weight excluding hydrogens is 286 g/mol. The summed E-state index contributed by atoms with van der Waals surface area (Å²) in [6.45, 7) is 3.92. The zero-order chi connectivity index (χ0) is 16.0. The predicted molar refractivity (Wildman–Crippen MR) is 79.3 cm³/mol. The minimum Gasteiger partial charge on any atom is -0.479 e. The summed E-state index contributed by atoms with van der Waals surface area (Å²) in [5.74, 6) is -1.09. The zero-order valence-electron chi connectivity index (χ0n) is 12.2. The van der Waals surface area contributed by atoms with Crippen LogP contribution in [0.5, 0.6) is 0 Å².